The zero-order valence-corrected chi connectivity index (χ0v) is 18.1. The molecule has 0 unspecified atom stereocenters. The summed E-state index contributed by atoms with van der Waals surface area (Å²) < 4.78 is 6.10. The third-order valence-electron chi connectivity index (χ3n) is 2.32. The van der Waals surface area contributed by atoms with E-state index in [1.165, 1.54) is 0 Å². The van der Waals surface area contributed by atoms with E-state index in [-0.39, 0.29) is 0 Å². The molecule has 0 aliphatic rings. The number of halogens is 6. The standard InChI is InChI=1S/C12H4Br6/c13-5-3-7(10(16)9(15)4-5)6-1-2-8(14)12(18)11(6)17/h1-4H. The minimum atomic E-state index is 1.00. The first kappa shape index (κ1) is 15.7. The largest absolute Gasteiger partial charge is 0.0520 e. The number of rotatable bonds is 1. The first-order valence-corrected chi connectivity index (χ1v) is 9.46. The molecule has 0 N–H and O–H groups in total. The quantitative estimate of drug-likeness (QED) is 0.223. The highest BCUT2D eigenvalue weighted by atomic mass is 79.9. The third kappa shape index (κ3) is 3.14. The molecule has 0 fully saturated rings. The molecule has 2 aromatic rings. The maximum Gasteiger partial charge on any atom is 0.0465 e. The highest BCUT2D eigenvalue weighted by Gasteiger charge is 2.14. The van der Waals surface area contributed by atoms with E-state index in [0.29, 0.717) is 0 Å². The van der Waals surface area contributed by atoms with Gasteiger partial charge < -0.3 is 0 Å². The van der Waals surface area contributed by atoms with Gasteiger partial charge in [-0.25, -0.2) is 0 Å². The van der Waals surface area contributed by atoms with Gasteiger partial charge in [0.15, 0.2) is 0 Å². The van der Waals surface area contributed by atoms with E-state index in [1.807, 2.05) is 12.1 Å². The molecule has 0 radical (unpaired) electrons. The number of benzene rings is 2. The van der Waals surface area contributed by atoms with Crippen molar-refractivity contribution in [1.29, 1.82) is 0 Å². The number of hydrogen-bond donors (Lipinski definition) is 0. The van der Waals surface area contributed by atoms with Crippen molar-refractivity contribution in [1.82, 2.24) is 0 Å². The predicted molar refractivity (Wildman–Crippen MR) is 98.1 cm³/mol. The number of hydrogen-bond acceptors (Lipinski definition) is 0. The zero-order chi connectivity index (χ0) is 13.4. The van der Waals surface area contributed by atoms with Crippen molar-refractivity contribution in [3.05, 3.63) is 51.1 Å². The Morgan fingerprint density at radius 2 is 1.22 bits per heavy atom. The predicted octanol–water partition coefficient (Wildman–Crippen LogP) is 7.93. The third-order valence-corrected chi connectivity index (χ3v) is 8.16. The van der Waals surface area contributed by atoms with Crippen LogP contribution in [-0.2, 0) is 0 Å². The van der Waals surface area contributed by atoms with Gasteiger partial charge >= 0.3 is 0 Å². The molecule has 0 heterocycles. The van der Waals surface area contributed by atoms with Gasteiger partial charge in [-0.1, -0.05) is 22.0 Å². The van der Waals surface area contributed by atoms with E-state index in [1.54, 1.807) is 0 Å². The minimum Gasteiger partial charge on any atom is -0.0520 e. The second-order valence-electron chi connectivity index (χ2n) is 3.47. The SMILES string of the molecule is Brc1cc(Br)c(Br)c(-c2ccc(Br)c(Br)c2Br)c1. The summed E-state index contributed by atoms with van der Waals surface area (Å²) in [6, 6.07) is 8.17. The lowest BCUT2D eigenvalue weighted by Gasteiger charge is -2.12. The molecule has 94 valence electrons. The summed E-state index contributed by atoms with van der Waals surface area (Å²) in [4.78, 5) is 0. The lowest BCUT2D eigenvalue weighted by atomic mass is 10.1. The van der Waals surface area contributed by atoms with Gasteiger partial charge in [0.05, 0.1) is 0 Å². The molecular weight excluding hydrogens is 624 g/mol. The monoisotopic (exact) mass is 622 g/mol. The molecule has 2 rings (SSSR count). The average molecular weight is 628 g/mol. The normalized spacial score (nSPS) is 10.8. The van der Waals surface area contributed by atoms with Crippen LogP contribution in [0, 0.1) is 0 Å². The summed E-state index contributed by atoms with van der Waals surface area (Å²) in [5.41, 5.74) is 2.22. The molecule has 0 nitrogen and oxygen atoms in total. The second kappa shape index (κ2) is 6.39. The first-order valence-electron chi connectivity index (χ1n) is 4.70. The van der Waals surface area contributed by atoms with Gasteiger partial charge in [0.25, 0.3) is 0 Å². The van der Waals surface area contributed by atoms with Crippen molar-refractivity contribution >= 4 is 95.6 Å². The van der Waals surface area contributed by atoms with Crippen molar-refractivity contribution in [2.24, 2.45) is 0 Å². The van der Waals surface area contributed by atoms with Gasteiger partial charge in [-0.15, -0.1) is 0 Å². The van der Waals surface area contributed by atoms with Crippen LogP contribution in [-0.4, -0.2) is 0 Å². The molecule has 2 aromatic carbocycles. The molecule has 0 bridgehead atoms. The smallest absolute Gasteiger partial charge is 0.0465 e. The van der Waals surface area contributed by atoms with Crippen LogP contribution in [0.1, 0.15) is 0 Å². The Bertz CT molecular complexity index is 620. The summed E-state index contributed by atoms with van der Waals surface area (Å²) in [7, 11) is 0. The summed E-state index contributed by atoms with van der Waals surface area (Å²) in [6.07, 6.45) is 0. The lowest BCUT2D eigenvalue weighted by molar-refractivity contribution is 1.47. The summed E-state index contributed by atoms with van der Waals surface area (Å²) in [5, 5.41) is 0. The molecule has 0 atom stereocenters. The van der Waals surface area contributed by atoms with Crippen LogP contribution < -0.4 is 0 Å². The van der Waals surface area contributed by atoms with Crippen molar-refractivity contribution in [3.8, 4) is 11.1 Å². The van der Waals surface area contributed by atoms with E-state index in [4.69, 9.17) is 0 Å². The van der Waals surface area contributed by atoms with Gasteiger partial charge in [-0.3, -0.25) is 0 Å². The van der Waals surface area contributed by atoms with Crippen LogP contribution in [0.4, 0.5) is 0 Å². The Balaban J connectivity index is 2.74. The lowest BCUT2D eigenvalue weighted by Crippen LogP contribution is -1.86. The van der Waals surface area contributed by atoms with E-state index >= 15 is 0 Å². The highest BCUT2D eigenvalue weighted by molar-refractivity contribution is 9.14. The highest BCUT2D eigenvalue weighted by Crippen LogP contribution is 2.43. The fourth-order valence-corrected chi connectivity index (χ4v) is 4.66. The maximum atomic E-state index is 3.62. The van der Waals surface area contributed by atoms with Gasteiger partial charge in [0, 0.05) is 26.8 Å². The van der Waals surface area contributed by atoms with Crippen LogP contribution in [0.15, 0.2) is 51.1 Å². The van der Waals surface area contributed by atoms with Crippen LogP contribution in [0.5, 0.6) is 0 Å². The molecule has 0 amide bonds. The summed E-state index contributed by atoms with van der Waals surface area (Å²) in [5.74, 6) is 0. The van der Waals surface area contributed by atoms with Crippen LogP contribution in [0.2, 0.25) is 0 Å². The molecule has 0 spiro atoms. The van der Waals surface area contributed by atoms with Crippen molar-refractivity contribution in [2.75, 3.05) is 0 Å². The Labute approximate surface area is 156 Å². The average Bonchev–Trinajstić information content (AvgIpc) is 2.31. The van der Waals surface area contributed by atoms with Crippen LogP contribution in [0.3, 0.4) is 0 Å². The topological polar surface area (TPSA) is 0 Å². The van der Waals surface area contributed by atoms with Crippen LogP contribution >= 0.6 is 95.6 Å². The van der Waals surface area contributed by atoms with Crippen molar-refractivity contribution in [2.45, 2.75) is 0 Å². The Hall–Kier alpha value is 1.32. The Morgan fingerprint density at radius 3 is 1.89 bits per heavy atom. The molecule has 0 aliphatic carbocycles. The molecule has 6 heteroatoms. The fourth-order valence-electron chi connectivity index (χ4n) is 1.49. The summed E-state index contributed by atoms with van der Waals surface area (Å²) >= 11 is 21.3. The minimum absolute atomic E-state index is 1.00. The van der Waals surface area contributed by atoms with Gasteiger partial charge in [-0.2, -0.15) is 0 Å². The fraction of sp³-hybridized carbons (Fsp3) is 0. The van der Waals surface area contributed by atoms with Crippen molar-refractivity contribution in [3.63, 3.8) is 0 Å². The first-order chi connectivity index (χ1) is 8.41. The van der Waals surface area contributed by atoms with Gasteiger partial charge in [0.1, 0.15) is 0 Å². The Morgan fingerprint density at radius 1 is 0.556 bits per heavy atom. The maximum absolute atomic E-state index is 3.62. The van der Waals surface area contributed by atoms with Gasteiger partial charge in [0.2, 0.25) is 0 Å². The zero-order valence-electron chi connectivity index (χ0n) is 8.58. The molecular formula is C12H4Br6. The van der Waals surface area contributed by atoms with E-state index in [0.717, 1.165) is 38.0 Å². The second-order valence-corrected chi connectivity index (χ2v) is 8.48. The molecule has 0 saturated heterocycles. The van der Waals surface area contributed by atoms with E-state index < -0.39 is 0 Å². The van der Waals surface area contributed by atoms with Crippen molar-refractivity contribution < 1.29 is 0 Å². The molecule has 0 aliphatic heterocycles. The van der Waals surface area contributed by atoms with Crippen LogP contribution in [0.25, 0.3) is 11.1 Å². The molecule has 0 saturated carbocycles. The van der Waals surface area contributed by atoms with E-state index in [9.17, 15) is 0 Å². The summed E-state index contributed by atoms with van der Waals surface area (Å²) in [6.45, 7) is 0. The molecule has 0 aromatic heterocycles. The van der Waals surface area contributed by atoms with E-state index in [2.05, 4.69) is 108 Å². The van der Waals surface area contributed by atoms with Gasteiger partial charge in [-0.05, 0) is 109 Å². The molecule has 18 heavy (non-hydrogen) atoms. The Kier molecular flexibility index (Phi) is 5.58.